The molecule has 1 atom stereocenters. The zero-order valence-corrected chi connectivity index (χ0v) is 7.23. The van der Waals surface area contributed by atoms with E-state index < -0.39 is 0 Å². The van der Waals surface area contributed by atoms with Gasteiger partial charge in [-0.05, 0) is 0 Å². The molecule has 2 amide bonds. The van der Waals surface area contributed by atoms with Gasteiger partial charge in [0, 0.05) is 19.5 Å². The summed E-state index contributed by atoms with van der Waals surface area (Å²) in [7, 11) is 0. The van der Waals surface area contributed by atoms with Gasteiger partial charge in [0.15, 0.2) is 0 Å². The van der Waals surface area contributed by atoms with Crippen LogP contribution in [-0.2, 0) is 14.3 Å². The Labute approximate surface area is 75.8 Å². The highest BCUT2D eigenvalue weighted by Crippen LogP contribution is 2.21. The second-order valence-electron chi connectivity index (χ2n) is 3.49. The van der Waals surface area contributed by atoms with Crippen molar-refractivity contribution in [2.24, 2.45) is 11.7 Å². The average Bonchev–Trinajstić information content (AvgIpc) is 1.76. The minimum atomic E-state index is -0.321. The summed E-state index contributed by atoms with van der Waals surface area (Å²) in [5.41, 5.74) is 5.07. The molecule has 5 heteroatoms. The highest BCUT2D eigenvalue weighted by Gasteiger charge is 2.39. The van der Waals surface area contributed by atoms with E-state index >= 15 is 0 Å². The average molecular weight is 184 g/mol. The Hall–Kier alpha value is -1.10. The van der Waals surface area contributed by atoms with Gasteiger partial charge in [-0.25, -0.2) is 0 Å². The minimum absolute atomic E-state index is 0.00347. The number of hydrogen-bond donors (Lipinski definition) is 1. The van der Waals surface area contributed by atoms with Gasteiger partial charge in [0.25, 0.3) is 5.91 Å². The third-order valence-corrected chi connectivity index (χ3v) is 2.57. The van der Waals surface area contributed by atoms with Crippen LogP contribution in [0.3, 0.4) is 0 Å². The molecule has 0 radical (unpaired) electrons. The highest BCUT2D eigenvalue weighted by molar-refractivity contribution is 5.86. The first kappa shape index (κ1) is 8.50. The van der Waals surface area contributed by atoms with Crippen molar-refractivity contribution in [3.05, 3.63) is 0 Å². The molecule has 0 saturated carbocycles. The van der Waals surface area contributed by atoms with Crippen molar-refractivity contribution in [1.29, 1.82) is 0 Å². The topological polar surface area (TPSA) is 72.6 Å². The monoisotopic (exact) mass is 184 g/mol. The second kappa shape index (κ2) is 2.99. The molecule has 2 aliphatic rings. The Morgan fingerprint density at radius 1 is 1.38 bits per heavy atom. The predicted molar refractivity (Wildman–Crippen MR) is 43.6 cm³/mol. The van der Waals surface area contributed by atoms with Crippen LogP contribution in [0.2, 0.25) is 0 Å². The smallest absolute Gasteiger partial charge is 0.251 e. The molecule has 5 nitrogen and oxygen atoms in total. The summed E-state index contributed by atoms with van der Waals surface area (Å²) in [6.45, 7) is 1.60. The summed E-state index contributed by atoms with van der Waals surface area (Å²) in [5, 5.41) is 0. The predicted octanol–water partition coefficient (Wildman–Crippen LogP) is -1.28. The van der Waals surface area contributed by atoms with Gasteiger partial charge in [-0.15, -0.1) is 0 Å². The number of amides is 2. The number of likely N-dealkylation sites (tertiary alicyclic amines) is 1. The molecule has 13 heavy (non-hydrogen) atoms. The van der Waals surface area contributed by atoms with E-state index in [1.807, 2.05) is 0 Å². The molecule has 2 N–H and O–H groups in total. The molecule has 2 rings (SSSR count). The van der Waals surface area contributed by atoms with Gasteiger partial charge in [0.1, 0.15) is 6.10 Å². The standard InChI is InChI=1S/C8H12N2O3/c9-7(11)5-3-10(4-5)8(12)6-1-2-13-6/h5-6H,1-4H2,(H2,9,11)/t6-/m0/s1. The number of carbonyl (C=O) groups excluding carboxylic acids is 2. The largest absolute Gasteiger partial charge is 0.369 e. The molecule has 72 valence electrons. The van der Waals surface area contributed by atoms with Gasteiger partial charge in [-0.1, -0.05) is 0 Å². The van der Waals surface area contributed by atoms with E-state index in [1.165, 1.54) is 0 Å². The van der Waals surface area contributed by atoms with Crippen LogP contribution in [0, 0.1) is 5.92 Å². The Kier molecular flexibility index (Phi) is 1.95. The SMILES string of the molecule is NC(=O)C1CN(C(=O)[C@@H]2CCO2)C1. The molecule has 0 unspecified atom stereocenters. The first-order chi connectivity index (χ1) is 6.18. The van der Waals surface area contributed by atoms with E-state index in [2.05, 4.69) is 0 Å². The number of carbonyl (C=O) groups is 2. The van der Waals surface area contributed by atoms with E-state index in [1.54, 1.807) is 4.90 Å². The molecule has 2 saturated heterocycles. The van der Waals surface area contributed by atoms with Crippen LogP contribution < -0.4 is 5.73 Å². The molecule has 2 heterocycles. The van der Waals surface area contributed by atoms with E-state index in [9.17, 15) is 9.59 Å². The molecule has 0 aromatic carbocycles. The lowest BCUT2D eigenvalue weighted by atomic mass is 9.98. The quantitative estimate of drug-likeness (QED) is 0.581. The molecular weight excluding hydrogens is 172 g/mol. The zero-order valence-electron chi connectivity index (χ0n) is 7.23. The van der Waals surface area contributed by atoms with Crippen molar-refractivity contribution >= 4 is 11.8 Å². The van der Waals surface area contributed by atoms with Gasteiger partial charge in [-0.3, -0.25) is 9.59 Å². The van der Waals surface area contributed by atoms with Crippen molar-refractivity contribution in [1.82, 2.24) is 4.90 Å². The lowest BCUT2D eigenvalue weighted by Gasteiger charge is -2.41. The van der Waals surface area contributed by atoms with E-state index in [4.69, 9.17) is 10.5 Å². The van der Waals surface area contributed by atoms with E-state index in [-0.39, 0.29) is 23.8 Å². The van der Waals surface area contributed by atoms with Crippen molar-refractivity contribution < 1.29 is 14.3 Å². The van der Waals surface area contributed by atoms with Crippen LogP contribution in [0.5, 0.6) is 0 Å². The second-order valence-corrected chi connectivity index (χ2v) is 3.49. The molecule has 0 aromatic rings. The zero-order chi connectivity index (χ0) is 9.42. The van der Waals surface area contributed by atoms with Crippen molar-refractivity contribution in [3.63, 3.8) is 0 Å². The maximum atomic E-state index is 11.4. The first-order valence-electron chi connectivity index (χ1n) is 4.38. The van der Waals surface area contributed by atoms with Crippen LogP contribution in [0.25, 0.3) is 0 Å². The normalized spacial score (nSPS) is 27.7. The number of nitrogens with two attached hydrogens (primary N) is 1. The molecule has 0 spiro atoms. The Morgan fingerprint density at radius 2 is 2.00 bits per heavy atom. The van der Waals surface area contributed by atoms with E-state index in [0.717, 1.165) is 6.42 Å². The molecule has 2 aliphatic heterocycles. The van der Waals surface area contributed by atoms with Crippen molar-refractivity contribution in [2.45, 2.75) is 12.5 Å². The van der Waals surface area contributed by atoms with Gasteiger partial charge in [0.05, 0.1) is 12.5 Å². The fraction of sp³-hybridized carbons (Fsp3) is 0.750. The van der Waals surface area contributed by atoms with Gasteiger partial charge in [0.2, 0.25) is 5.91 Å². The number of hydrogen-bond acceptors (Lipinski definition) is 3. The van der Waals surface area contributed by atoms with Crippen LogP contribution in [0.15, 0.2) is 0 Å². The molecule has 0 bridgehead atoms. The third-order valence-electron chi connectivity index (χ3n) is 2.57. The van der Waals surface area contributed by atoms with E-state index in [0.29, 0.717) is 19.7 Å². The number of rotatable bonds is 2. The van der Waals surface area contributed by atoms with Crippen LogP contribution in [0.4, 0.5) is 0 Å². The minimum Gasteiger partial charge on any atom is -0.369 e. The fourth-order valence-electron chi connectivity index (χ4n) is 1.47. The summed E-state index contributed by atoms with van der Waals surface area (Å²) in [6, 6.07) is 0. The van der Waals surface area contributed by atoms with Gasteiger partial charge in [-0.2, -0.15) is 0 Å². The molecule has 0 aromatic heterocycles. The van der Waals surface area contributed by atoms with Crippen LogP contribution in [-0.4, -0.2) is 42.5 Å². The maximum absolute atomic E-state index is 11.4. The van der Waals surface area contributed by atoms with Crippen LogP contribution in [0.1, 0.15) is 6.42 Å². The maximum Gasteiger partial charge on any atom is 0.251 e. The third kappa shape index (κ3) is 1.39. The Morgan fingerprint density at radius 3 is 2.38 bits per heavy atom. The summed E-state index contributed by atoms with van der Waals surface area (Å²) >= 11 is 0. The van der Waals surface area contributed by atoms with Crippen molar-refractivity contribution in [3.8, 4) is 0 Å². The molecule has 2 fully saturated rings. The highest BCUT2D eigenvalue weighted by atomic mass is 16.5. The lowest BCUT2D eigenvalue weighted by molar-refractivity contribution is -0.163. The Bertz CT molecular complexity index is 244. The van der Waals surface area contributed by atoms with Gasteiger partial charge >= 0.3 is 0 Å². The molecular formula is C8H12N2O3. The summed E-state index contributed by atoms with van der Waals surface area (Å²) in [5.74, 6) is -0.466. The Balaban J connectivity index is 1.79. The molecule has 0 aliphatic carbocycles. The summed E-state index contributed by atoms with van der Waals surface area (Å²) in [6.07, 6.45) is 0.546. The van der Waals surface area contributed by atoms with Crippen molar-refractivity contribution in [2.75, 3.05) is 19.7 Å². The lowest BCUT2D eigenvalue weighted by Crippen LogP contribution is -2.58. The summed E-state index contributed by atoms with van der Waals surface area (Å²) in [4.78, 5) is 23.7. The first-order valence-corrected chi connectivity index (χ1v) is 4.38. The number of primary amides is 1. The van der Waals surface area contributed by atoms with Gasteiger partial charge < -0.3 is 15.4 Å². The summed E-state index contributed by atoms with van der Waals surface area (Å²) < 4.78 is 5.04. The number of nitrogens with zero attached hydrogens (tertiary/aromatic N) is 1. The fourth-order valence-corrected chi connectivity index (χ4v) is 1.47. The van der Waals surface area contributed by atoms with Crippen LogP contribution >= 0.6 is 0 Å². The number of ether oxygens (including phenoxy) is 1.